The number of halogens is 6. The van der Waals surface area contributed by atoms with Crippen LogP contribution in [0, 0.1) is 11.3 Å². The van der Waals surface area contributed by atoms with E-state index in [-0.39, 0.29) is 41.4 Å². The highest BCUT2D eigenvalue weighted by Crippen LogP contribution is 2.32. The van der Waals surface area contributed by atoms with E-state index in [2.05, 4.69) is 9.97 Å². The molecule has 0 bridgehead atoms. The lowest BCUT2D eigenvalue weighted by Gasteiger charge is -2.11. The van der Waals surface area contributed by atoms with Crippen molar-refractivity contribution in [1.82, 2.24) is 9.97 Å². The minimum absolute atomic E-state index is 0.00331. The maximum Gasteiger partial charge on any atom is 0.441 e. The Balaban J connectivity index is 2.12. The Bertz CT molecular complexity index is 836. The van der Waals surface area contributed by atoms with E-state index in [4.69, 9.17) is 14.7 Å². The lowest BCUT2D eigenvalue weighted by molar-refractivity contribution is -0.141. The van der Waals surface area contributed by atoms with Crippen LogP contribution in [0.3, 0.4) is 0 Å². The van der Waals surface area contributed by atoms with E-state index in [0.717, 1.165) is 18.3 Å². The average Bonchev–Trinajstić information content (AvgIpc) is 2.57. The third-order valence-corrected chi connectivity index (χ3v) is 3.45. The fourth-order valence-corrected chi connectivity index (χ4v) is 2.12. The number of alkyl halides is 6. The van der Waals surface area contributed by atoms with Gasteiger partial charge in [-0.05, 0) is 17.8 Å². The van der Waals surface area contributed by atoms with Crippen LogP contribution in [0.1, 0.15) is 11.3 Å². The minimum Gasteiger partial charge on any atom is -0.477 e. The molecule has 0 N–H and O–H groups in total. The Hall–Kier alpha value is -2.68. The molecule has 0 spiro atoms. The number of rotatable bonds is 6. The summed E-state index contributed by atoms with van der Waals surface area (Å²) < 4.78 is 84.4. The highest BCUT2D eigenvalue weighted by atomic mass is 32.2. The number of thioether (sulfide) groups is 1. The van der Waals surface area contributed by atoms with E-state index in [0.29, 0.717) is 6.07 Å². The molecule has 5 nitrogen and oxygen atoms in total. The van der Waals surface area contributed by atoms with Crippen molar-refractivity contribution in [2.24, 2.45) is 0 Å². The zero-order valence-electron chi connectivity index (χ0n) is 13.1. The van der Waals surface area contributed by atoms with Gasteiger partial charge in [0.2, 0.25) is 11.8 Å². The quantitative estimate of drug-likeness (QED) is 0.505. The van der Waals surface area contributed by atoms with Gasteiger partial charge in [0, 0.05) is 30.1 Å². The molecule has 0 aromatic carbocycles. The molecule has 2 heterocycles. The summed E-state index contributed by atoms with van der Waals surface area (Å²) in [6.45, 7) is -0.348. The van der Waals surface area contributed by atoms with Crippen molar-refractivity contribution in [1.29, 1.82) is 5.26 Å². The van der Waals surface area contributed by atoms with Crippen LogP contribution in [0.15, 0.2) is 30.5 Å². The lowest BCUT2D eigenvalue weighted by atomic mass is 10.3. The van der Waals surface area contributed by atoms with E-state index >= 15 is 0 Å². The van der Waals surface area contributed by atoms with Crippen molar-refractivity contribution in [3.63, 3.8) is 0 Å². The van der Waals surface area contributed by atoms with E-state index < -0.39 is 23.1 Å². The molecule has 0 amide bonds. The molecule has 2 aromatic heterocycles. The highest BCUT2D eigenvalue weighted by Gasteiger charge is 2.32. The van der Waals surface area contributed by atoms with Gasteiger partial charge >= 0.3 is 11.7 Å². The van der Waals surface area contributed by atoms with Gasteiger partial charge in [-0.2, -0.15) is 36.6 Å². The number of hydrogen-bond donors (Lipinski definition) is 0. The summed E-state index contributed by atoms with van der Waals surface area (Å²) >= 11 is -0.289. The molecule has 0 radical (unpaired) electrons. The Labute approximate surface area is 152 Å². The fourth-order valence-electron chi connectivity index (χ4n) is 1.73. The second kappa shape index (κ2) is 8.34. The second-order valence-electron chi connectivity index (χ2n) is 4.76. The number of ether oxygens (including phenoxy) is 2. The summed E-state index contributed by atoms with van der Waals surface area (Å²) in [7, 11) is 0. The maximum absolute atomic E-state index is 12.7. The molecule has 0 fully saturated rings. The van der Waals surface area contributed by atoms with Crippen molar-refractivity contribution < 1.29 is 35.8 Å². The van der Waals surface area contributed by atoms with Crippen molar-refractivity contribution in [2.45, 2.75) is 11.7 Å². The van der Waals surface area contributed by atoms with E-state index in [1.54, 1.807) is 6.07 Å². The van der Waals surface area contributed by atoms with Crippen LogP contribution in [0.25, 0.3) is 0 Å². The fraction of sp³-hybridized carbons (Fsp3) is 0.267. The molecule has 2 aromatic rings. The van der Waals surface area contributed by atoms with Gasteiger partial charge in [-0.1, -0.05) is 0 Å². The summed E-state index contributed by atoms with van der Waals surface area (Å²) in [5.41, 5.74) is -5.59. The topological polar surface area (TPSA) is 68.0 Å². The molecule has 2 rings (SSSR count). The van der Waals surface area contributed by atoms with Gasteiger partial charge in [-0.15, -0.1) is 0 Å². The third kappa shape index (κ3) is 6.86. The summed E-state index contributed by atoms with van der Waals surface area (Å²) in [5.74, 6) is -1.10. The highest BCUT2D eigenvalue weighted by molar-refractivity contribution is 8.00. The van der Waals surface area contributed by atoms with Crippen LogP contribution in [0.2, 0.25) is 0 Å². The van der Waals surface area contributed by atoms with Gasteiger partial charge in [-0.25, -0.2) is 0 Å². The first-order valence-electron chi connectivity index (χ1n) is 7.03. The first-order valence-corrected chi connectivity index (χ1v) is 8.02. The lowest BCUT2D eigenvalue weighted by Crippen LogP contribution is -2.08. The standard InChI is InChI=1S/C15H9F6N3O2S/c16-14(17,18)11-7-10(1-2-23-11)26-13-6-9(8-22)5-12(24-13)25-3-4-27-15(19,20)21/h1-2,5-7H,3-4H2. The molecule has 12 heteroatoms. The third-order valence-electron chi connectivity index (χ3n) is 2.75. The Morgan fingerprint density at radius 1 is 1.07 bits per heavy atom. The summed E-state index contributed by atoms with van der Waals surface area (Å²) in [5, 5.41) is 8.98. The second-order valence-corrected chi connectivity index (χ2v) is 5.92. The smallest absolute Gasteiger partial charge is 0.441 e. The largest absolute Gasteiger partial charge is 0.477 e. The molecule has 0 aliphatic carbocycles. The predicted octanol–water partition coefficient (Wildman–Crippen LogP) is 4.79. The number of hydrogen-bond acceptors (Lipinski definition) is 6. The van der Waals surface area contributed by atoms with E-state index in [9.17, 15) is 26.3 Å². The Morgan fingerprint density at radius 2 is 1.78 bits per heavy atom. The van der Waals surface area contributed by atoms with Crippen LogP contribution in [0.5, 0.6) is 17.5 Å². The van der Waals surface area contributed by atoms with Crippen LogP contribution in [-0.2, 0) is 6.18 Å². The van der Waals surface area contributed by atoms with Gasteiger partial charge in [0.1, 0.15) is 11.4 Å². The first-order chi connectivity index (χ1) is 12.6. The molecular formula is C15H9F6N3O2S. The summed E-state index contributed by atoms with van der Waals surface area (Å²) in [4.78, 5) is 6.99. The normalized spacial score (nSPS) is 11.7. The van der Waals surface area contributed by atoms with E-state index in [1.807, 2.05) is 0 Å². The molecule has 27 heavy (non-hydrogen) atoms. The number of aromatic nitrogens is 2. The first kappa shape index (κ1) is 20.6. The van der Waals surface area contributed by atoms with Gasteiger partial charge in [-0.3, -0.25) is 4.98 Å². The number of nitrogens with zero attached hydrogens (tertiary/aromatic N) is 3. The Kier molecular flexibility index (Phi) is 6.37. The van der Waals surface area contributed by atoms with Crippen molar-refractivity contribution in [3.05, 3.63) is 41.7 Å². The van der Waals surface area contributed by atoms with Crippen molar-refractivity contribution >= 4 is 11.8 Å². The van der Waals surface area contributed by atoms with Crippen LogP contribution >= 0.6 is 11.8 Å². The van der Waals surface area contributed by atoms with Gasteiger partial charge in [0.05, 0.1) is 18.2 Å². The molecule has 0 aliphatic rings. The molecule has 0 unspecified atom stereocenters. The van der Waals surface area contributed by atoms with Gasteiger partial charge in [0.25, 0.3) is 0 Å². The molecule has 0 aliphatic heterocycles. The zero-order chi connectivity index (χ0) is 20.1. The molecule has 144 valence electrons. The maximum atomic E-state index is 12.7. The predicted molar refractivity (Wildman–Crippen MR) is 82.3 cm³/mol. The summed E-state index contributed by atoms with van der Waals surface area (Å²) in [6.07, 6.45) is -3.79. The molecule has 0 atom stereocenters. The monoisotopic (exact) mass is 409 g/mol. The van der Waals surface area contributed by atoms with E-state index in [1.165, 1.54) is 6.07 Å². The average molecular weight is 409 g/mol. The minimum atomic E-state index is -4.67. The van der Waals surface area contributed by atoms with Crippen molar-refractivity contribution in [2.75, 3.05) is 12.4 Å². The zero-order valence-corrected chi connectivity index (χ0v) is 14.0. The number of pyridine rings is 2. The van der Waals surface area contributed by atoms with Crippen molar-refractivity contribution in [3.8, 4) is 23.6 Å². The molecular weight excluding hydrogens is 400 g/mol. The SMILES string of the molecule is N#Cc1cc(OCCSC(F)(F)F)nc(Oc2ccnc(C(F)(F)F)c2)c1. The van der Waals surface area contributed by atoms with Gasteiger partial charge in [0.15, 0.2) is 0 Å². The molecule has 0 saturated carbocycles. The van der Waals surface area contributed by atoms with Crippen LogP contribution in [-0.4, -0.2) is 27.8 Å². The Morgan fingerprint density at radius 3 is 2.41 bits per heavy atom. The van der Waals surface area contributed by atoms with Gasteiger partial charge < -0.3 is 9.47 Å². The molecule has 0 saturated heterocycles. The van der Waals surface area contributed by atoms with Crippen LogP contribution < -0.4 is 9.47 Å². The van der Waals surface area contributed by atoms with Crippen LogP contribution in [0.4, 0.5) is 26.3 Å². The number of nitriles is 1. The summed E-state index contributed by atoms with van der Waals surface area (Å²) in [6, 6.07) is 5.87.